The molecule has 144 valence electrons. The van der Waals surface area contributed by atoms with Gasteiger partial charge in [-0.25, -0.2) is 0 Å². The molecule has 5 nitrogen and oxygen atoms in total. The van der Waals surface area contributed by atoms with Crippen LogP contribution in [-0.2, 0) is 11.3 Å². The van der Waals surface area contributed by atoms with Crippen molar-refractivity contribution in [3.63, 3.8) is 0 Å². The Kier molecular flexibility index (Phi) is 5.98. The molecule has 1 spiro atoms. The Balaban J connectivity index is 1.90. The van der Waals surface area contributed by atoms with Gasteiger partial charge in [-0.1, -0.05) is 18.5 Å². The Bertz CT molecular complexity index is 665. The maximum absolute atomic E-state index is 13.3. The standard InChI is InChI=1S/C20H29ClN2O3/c1-4-9-22-10-5-7-20(19(22)24)8-6-11-23(20)14-15-12-16(21)13-17(25-2)18(15)26-3/h12-13H,4-11,14H2,1-3H3. The fourth-order valence-electron chi connectivity index (χ4n) is 4.57. The zero-order valence-corrected chi connectivity index (χ0v) is 16.8. The van der Waals surface area contributed by atoms with Crippen LogP contribution in [0.5, 0.6) is 11.5 Å². The first-order valence-corrected chi connectivity index (χ1v) is 9.88. The third-order valence-corrected chi connectivity index (χ3v) is 5.92. The smallest absolute Gasteiger partial charge is 0.243 e. The van der Waals surface area contributed by atoms with Gasteiger partial charge in [0.25, 0.3) is 0 Å². The summed E-state index contributed by atoms with van der Waals surface area (Å²) in [6.45, 7) is 5.43. The summed E-state index contributed by atoms with van der Waals surface area (Å²) < 4.78 is 11.0. The molecule has 1 unspecified atom stereocenters. The first-order chi connectivity index (χ1) is 12.6. The lowest BCUT2D eigenvalue weighted by Gasteiger charge is -2.44. The summed E-state index contributed by atoms with van der Waals surface area (Å²) in [5.41, 5.74) is 0.604. The summed E-state index contributed by atoms with van der Waals surface area (Å²) in [5.74, 6) is 1.63. The molecule has 1 aromatic rings. The van der Waals surface area contributed by atoms with E-state index in [0.29, 0.717) is 29.0 Å². The van der Waals surface area contributed by atoms with Crippen LogP contribution in [0.1, 0.15) is 44.6 Å². The van der Waals surface area contributed by atoms with Gasteiger partial charge in [0.15, 0.2) is 11.5 Å². The third-order valence-electron chi connectivity index (χ3n) is 5.70. The van der Waals surface area contributed by atoms with Crippen molar-refractivity contribution in [3.8, 4) is 11.5 Å². The van der Waals surface area contributed by atoms with E-state index in [0.717, 1.165) is 57.3 Å². The van der Waals surface area contributed by atoms with E-state index in [1.165, 1.54) is 0 Å². The van der Waals surface area contributed by atoms with Gasteiger partial charge >= 0.3 is 0 Å². The number of methoxy groups -OCH3 is 2. The van der Waals surface area contributed by atoms with E-state index in [-0.39, 0.29) is 5.54 Å². The molecule has 1 amide bonds. The number of amides is 1. The monoisotopic (exact) mass is 380 g/mol. The predicted molar refractivity (Wildman–Crippen MR) is 103 cm³/mol. The summed E-state index contributed by atoms with van der Waals surface area (Å²) >= 11 is 6.28. The zero-order valence-electron chi connectivity index (χ0n) is 16.0. The summed E-state index contributed by atoms with van der Waals surface area (Å²) in [5, 5.41) is 0.619. The van der Waals surface area contributed by atoms with Gasteiger partial charge in [-0.2, -0.15) is 0 Å². The Labute approximate surface area is 161 Å². The van der Waals surface area contributed by atoms with E-state index in [1.807, 2.05) is 6.07 Å². The van der Waals surface area contributed by atoms with Gasteiger partial charge in [0.1, 0.15) is 5.54 Å². The van der Waals surface area contributed by atoms with Crippen molar-refractivity contribution >= 4 is 17.5 Å². The molecule has 6 heteroatoms. The van der Waals surface area contributed by atoms with E-state index < -0.39 is 0 Å². The molecule has 0 saturated carbocycles. The lowest BCUT2D eigenvalue weighted by Crippen LogP contribution is -2.59. The van der Waals surface area contributed by atoms with E-state index in [1.54, 1.807) is 20.3 Å². The first-order valence-electron chi connectivity index (χ1n) is 9.50. The average Bonchev–Trinajstić information content (AvgIpc) is 3.02. The lowest BCUT2D eigenvalue weighted by molar-refractivity contribution is -0.147. The van der Waals surface area contributed by atoms with Crippen LogP contribution in [0.4, 0.5) is 0 Å². The van der Waals surface area contributed by atoms with Crippen LogP contribution in [0.2, 0.25) is 5.02 Å². The Morgan fingerprint density at radius 2 is 1.88 bits per heavy atom. The maximum atomic E-state index is 13.3. The molecule has 0 aliphatic carbocycles. The number of rotatable bonds is 6. The van der Waals surface area contributed by atoms with Crippen LogP contribution < -0.4 is 9.47 Å². The van der Waals surface area contributed by atoms with Crippen LogP contribution in [0, 0.1) is 0 Å². The molecule has 2 fully saturated rings. The highest BCUT2D eigenvalue weighted by Crippen LogP contribution is 2.42. The number of nitrogens with zero attached hydrogens (tertiary/aromatic N) is 2. The number of halogens is 1. The number of likely N-dealkylation sites (tertiary alicyclic amines) is 2. The second-order valence-electron chi connectivity index (χ2n) is 7.25. The number of carbonyl (C=O) groups is 1. The largest absolute Gasteiger partial charge is 0.493 e. The highest BCUT2D eigenvalue weighted by molar-refractivity contribution is 6.30. The van der Waals surface area contributed by atoms with Crippen LogP contribution in [-0.4, -0.2) is 55.1 Å². The fraction of sp³-hybridized carbons (Fsp3) is 0.650. The molecule has 2 aliphatic heterocycles. The molecule has 0 N–H and O–H groups in total. The summed E-state index contributed by atoms with van der Waals surface area (Å²) in [7, 11) is 3.26. The highest BCUT2D eigenvalue weighted by atomic mass is 35.5. The molecule has 26 heavy (non-hydrogen) atoms. The van der Waals surface area contributed by atoms with Crippen molar-refractivity contribution in [3.05, 3.63) is 22.7 Å². The molecule has 0 bridgehead atoms. The molecule has 3 rings (SSSR count). The molecular weight excluding hydrogens is 352 g/mol. The molecule has 0 radical (unpaired) electrons. The average molecular weight is 381 g/mol. The van der Waals surface area contributed by atoms with Gasteiger partial charge in [-0.3, -0.25) is 9.69 Å². The number of hydrogen-bond donors (Lipinski definition) is 0. The second kappa shape index (κ2) is 8.05. The Hall–Kier alpha value is -1.46. The highest BCUT2D eigenvalue weighted by Gasteiger charge is 2.50. The van der Waals surface area contributed by atoms with Crippen molar-refractivity contribution < 1.29 is 14.3 Å². The van der Waals surface area contributed by atoms with Gasteiger partial charge in [-0.15, -0.1) is 0 Å². The number of carbonyl (C=O) groups excluding carboxylic acids is 1. The topological polar surface area (TPSA) is 42.0 Å². The van der Waals surface area contributed by atoms with Gasteiger partial charge < -0.3 is 14.4 Å². The number of ether oxygens (including phenoxy) is 2. The minimum atomic E-state index is -0.367. The van der Waals surface area contributed by atoms with Crippen molar-refractivity contribution in [2.45, 2.75) is 51.1 Å². The number of hydrogen-bond acceptors (Lipinski definition) is 4. The molecule has 2 aliphatic rings. The minimum Gasteiger partial charge on any atom is -0.493 e. The zero-order chi connectivity index (χ0) is 18.7. The predicted octanol–water partition coefficient (Wildman–Crippen LogP) is 3.72. The molecule has 1 aromatic carbocycles. The number of piperidine rings is 1. The SMILES string of the molecule is CCCN1CCCC2(CCCN2Cc2cc(Cl)cc(OC)c2OC)C1=O. The van der Waals surface area contributed by atoms with E-state index >= 15 is 0 Å². The minimum absolute atomic E-state index is 0.302. The molecule has 2 heterocycles. The molecule has 2 saturated heterocycles. The quantitative estimate of drug-likeness (QED) is 0.754. The molecule has 0 aromatic heterocycles. The van der Waals surface area contributed by atoms with Crippen molar-refractivity contribution in [1.82, 2.24) is 9.80 Å². The van der Waals surface area contributed by atoms with Crippen LogP contribution >= 0.6 is 11.6 Å². The van der Waals surface area contributed by atoms with Gasteiger partial charge in [0.2, 0.25) is 5.91 Å². The number of benzene rings is 1. The van der Waals surface area contributed by atoms with Crippen LogP contribution in [0.15, 0.2) is 12.1 Å². The van der Waals surface area contributed by atoms with Crippen LogP contribution in [0.3, 0.4) is 0 Å². The molecular formula is C20H29ClN2O3. The van der Waals surface area contributed by atoms with Crippen molar-refractivity contribution in [1.29, 1.82) is 0 Å². The molecule has 1 atom stereocenters. The summed E-state index contributed by atoms with van der Waals surface area (Å²) in [6, 6.07) is 3.68. The summed E-state index contributed by atoms with van der Waals surface area (Å²) in [6.07, 6.45) is 4.99. The normalized spacial score (nSPS) is 23.7. The first kappa shape index (κ1) is 19.3. The maximum Gasteiger partial charge on any atom is 0.243 e. The van der Waals surface area contributed by atoms with Gasteiger partial charge in [0.05, 0.1) is 14.2 Å². The Morgan fingerprint density at radius 1 is 1.15 bits per heavy atom. The summed E-state index contributed by atoms with van der Waals surface area (Å²) in [4.78, 5) is 17.7. The van der Waals surface area contributed by atoms with Gasteiger partial charge in [-0.05, 0) is 44.7 Å². The van der Waals surface area contributed by atoms with E-state index in [2.05, 4.69) is 16.7 Å². The van der Waals surface area contributed by atoms with E-state index in [9.17, 15) is 4.79 Å². The van der Waals surface area contributed by atoms with E-state index in [4.69, 9.17) is 21.1 Å². The second-order valence-corrected chi connectivity index (χ2v) is 7.69. The van der Waals surface area contributed by atoms with Crippen molar-refractivity contribution in [2.24, 2.45) is 0 Å². The lowest BCUT2D eigenvalue weighted by atomic mass is 9.85. The van der Waals surface area contributed by atoms with Crippen LogP contribution in [0.25, 0.3) is 0 Å². The third kappa shape index (κ3) is 3.39. The van der Waals surface area contributed by atoms with Gasteiger partial charge in [0, 0.05) is 36.3 Å². The van der Waals surface area contributed by atoms with Crippen molar-refractivity contribution in [2.75, 3.05) is 33.9 Å². The fourth-order valence-corrected chi connectivity index (χ4v) is 4.80. The Morgan fingerprint density at radius 3 is 2.54 bits per heavy atom.